The number of thioether (sulfide) groups is 1. The topological polar surface area (TPSA) is 102 Å². The maximum Gasteiger partial charge on any atom is 0.410 e. The Morgan fingerprint density at radius 2 is 1.97 bits per heavy atom. The van der Waals surface area contributed by atoms with E-state index in [1.165, 1.54) is 6.33 Å². The molecule has 172 valence electrons. The smallest absolute Gasteiger partial charge is 0.410 e. The van der Waals surface area contributed by atoms with Crippen molar-refractivity contribution in [2.75, 3.05) is 30.8 Å². The summed E-state index contributed by atoms with van der Waals surface area (Å²) < 4.78 is 5.52. The lowest BCUT2D eigenvalue weighted by Crippen LogP contribution is -2.58. The number of anilines is 1. The molecule has 4 rings (SSSR count). The van der Waals surface area contributed by atoms with Gasteiger partial charge in [0.2, 0.25) is 5.91 Å². The minimum absolute atomic E-state index is 0.0609. The summed E-state index contributed by atoms with van der Waals surface area (Å²) in [7, 11) is 0. The highest BCUT2D eigenvalue weighted by atomic mass is 32.2. The largest absolute Gasteiger partial charge is 0.445 e. The number of hydrogen-bond acceptors (Lipinski definition) is 7. The van der Waals surface area contributed by atoms with Gasteiger partial charge in [-0.05, 0) is 41.7 Å². The number of carbonyl (C=O) groups is 2. The van der Waals surface area contributed by atoms with Crippen LogP contribution in [-0.4, -0.2) is 62.9 Å². The second kappa shape index (κ2) is 10.5. The Labute approximate surface area is 197 Å². The molecule has 0 unspecified atom stereocenters. The molecule has 2 aromatic carbocycles. The highest BCUT2D eigenvalue weighted by molar-refractivity contribution is 7.98. The fraction of sp³-hybridized carbons (Fsp3) is 0.333. The summed E-state index contributed by atoms with van der Waals surface area (Å²) in [5, 5.41) is 0.788. The van der Waals surface area contributed by atoms with Gasteiger partial charge in [0.25, 0.3) is 0 Å². The summed E-state index contributed by atoms with van der Waals surface area (Å²) in [6.07, 6.45) is 3.56. The summed E-state index contributed by atoms with van der Waals surface area (Å²) in [6.45, 7) is 1.51. The van der Waals surface area contributed by atoms with Crippen LogP contribution in [0.1, 0.15) is 17.5 Å². The summed E-state index contributed by atoms with van der Waals surface area (Å²) in [5.41, 5.74) is 8.53. The summed E-state index contributed by atoms with van der Waals surface area (Å²) in [4.78, 5) is 37.9. The SMILES string of the molecule is CSCC[C@H]1C(=O)N(Cc2ccc3c(N)ncnc3c2)CCN1C(=O)OCc1ccccc1. The van der Waals surface area contributed by atoms with E-state index in [2.05, 4.69) is 9.97 Å². The number of carbonyl (C=O) groups excluding carboxylic acids is 2. The van der Waals surface area contributed by atoms with Gasteiger partial charge in [0.15, 0.2) is 0 Å². The molecule has 0 spiro atoms. The summed E-state index contributed by atoms with van der Waals surface area (Å²) in [6, 6.07) is 14.7. The van der Waals surface area contributed by atoms with Crippen molar-refractivity contribution in [3.05, 3.63) is 66.0 Å². The highest BCUT2D eigenvalue weighted by Crippen LogP contribution is 2.23. The zero-order chi connectivity index (χ0) is 23.2. The lowest BCUT2D eigenvalue weighted by molar-refractivity contribution is -0.141. The summed E-state index contributed by atoms with van der Waals surface area (Å²) in [5.74, 6) is 1.15. The second-order valence-corrected chi connectivity index (χ2v) is 8.89. The van der Waals surface area contributed by atoms with E-state index in [0.717, 1.165) is 27.8 Å². The molecule has 0 aliphatic carbocycles. The molecule has 0 bridgehead atoms. The molecule has 0 saturated carbocycles. The van der Waals surface area contributed by atoms with Crippen LogP contribution in [0.4, 0.5) is 10.6 Å². The average molecular weight is 466 g/mol. The predicted octanol–water partition coefficient (Wildman–Crippen LogP) is 3.31. The van der Waals surface area contributed by atoms with E-state index >= 15 is 0 Å². The van der Waals surface area contributed by atoms with Crippen LogP contribution >= 0.6 is 11.8 Å². The number of ether oxygens (including phenoxy) is 1. The molecule has 1 fully saturated rings. The van der Waals surface area contributed by atoms with Crippen LogP contribution in [0.3, 0.4) is 0 Å². The molecule has 1 saturated heterocycles. The maximum absolute atomic E-state index is 13.4. The van der Waals surface area contributed by atoms with E-state index in [1.54, 1.807) is 21.6 Å². The third kappa shape index (κ3) is 5.36. The lowest BCUT2D eigenvalue weighted by Gasteiger charge is -2.40. The molecule has 0 radical (unpaired) electrons. The monoisotopic (exact) mass is 465 g/mol. The maximum atomic E-state index is 13.4. The predicted molar refractivity (Wildman–Crippen MR) is 129 cm³/mol. The third-order valence-corrected chi connectivity index (χ3v) is 6.37. The van der Waals surface area contributed by atoms with Crippen molar-refractivity contribution in [1.29, 1.82) is 0 Å². The Hall–Kier alpha value is -3.33. The van der Waals surface area contributed by atoms with Crippen LogP contribution in [0, 0.1) is 0 Å². The van der Waals surface area contributed by atoms with Crippen molar-refractivity contribution < 1.29 is 14.3 Å². The summed E-state index contributed by atoms with van der Waals surface area (Å²) >= 11 is 1.65. The number of benzene rings is 2. The zero-order valence-electron chi connectivity index (χ0n) is 18.5. The van der Waals surface area contributed by atoms with Crippen molar-refractivity contribution in [3.63, 3.8) is 0 Å². The number of aromatic nitrogens is 2. The van der Waals surface area contributed by atoms with E-state index in [4.69, 9.17) is 10.5 Å². The van der Waals surface area contributed by atoms with Crippen LogP contribution in [-0.2, 0) is 22.7 Å². The Balaban J connectivity index is 1.45. The number of piperazine rings is 1. The Morgan fingerprint density at radius 3 is 2.76 bits per heavy atom. The first kappa shape index (κ1) is 22.8. The number of rotatable bonds is 7. The van der Waals surface area contributed by atoms with Gasteiger partial charge >= 0.3 is 6.09 Å². The first-order chi connectivity index (χ1) is 16.1. The number of nitrogens with two attached hydrogens (primary N) is 1. The molecule has 2 N–H and O–H groups in total. The minimum atomic E-state index is -0.534. The van der Waals surface area contributed by atoms with Crippen LogP contribution in [0.15, 0.2) is 54.9 Å². The Bertz CT molecular complexity index is 1130. The fourth-order valence-electron chi connectivity index (χ4n) is 3.97. The van der Waals surface area contributed by atoms with E-state index in [0.29, 0.717) is 31.9 Å². The molecule has 33 heavy (non-hydrogen) atoms. The van der Waals surface area contributed by atoms with E-state index in [1.807, 2.05) is 54.8 Å². The average Bonchev–Trinajstić information content (AvgIpc) is 2.83. The van der Waals surface area contributed by atoms with Crippen LogP contribution in [0.2, 0.25) is 0 Å². The molecule has 2 heterocycles. The standard InChI is InChI=1S/C24H27N5O3S/c1-33-12-9-21-23(30)28(14-18-7-8-19-20(13-18)26-16-27-22(19)25)10-11-29(21)24(31)32-15-17-5-3-2-4-6-17/h2-8,13,16,21H,9-12,14-15H2,1H3,(H2,25,26,27)/t21-/m0/s1. The van der Waals surface area contributed by atoms with Gasteiger partial charge < -0.3 is 15.4 Å². The normalized spacial score (nSPS) is 16.3. The zero-order valence-corrected chi connectivity index (χ0v) is 19.3. The minimum Gasteiger partial charge on any atom is -0.445 e. The second-order valence-electron chi connectivity index (χ2n) is 7.90. The molecule has 8 nitrogen and oxygen atoms in total. The van der Waals surface area contributed by atoms with Crippen LogP contribution < -0.4 is 5.73 Å². The number of hydrogen-bond donors (Lipinski definition) is 1. The van der Waals surface area contributed by atoms with Gasteiger partial charge in [-0.2, -0.15) is 11.8 Å². The first-order valence-electron chi connectivity index (χ1n) is 10.8. The molecule has 1 aliphatic heterocycles. The van der Waals surface area contributed by atoms with Gasteiger partial charge in [-0.15, -0.1) is 0 Å². The molecular weight excluding hydrogens is 438 g/mol. The Morgan fingerprint density at radius 1 is 1.15 bits per heavy atom. The van der Waals surface area contributed by atoms with Gasteiger partial charge in [-0.25, -0.2) is 14.8 Å². The van der Waals surface area contributed by atoms with Gasteiger partial charge in [-0.3, -0.25) is 9.69 Å². The quantitative estimate of drug-likeness (QED) is 0.571. The van der Waals surface area contributed by atoms with Crippen molar-refractivity contribution in [1.82, 2.24) is 19.8 Å². The highest BCUT2D eigenvalue weighted by Gasteiger charge is 2.37. The molecule has 3 aromatic rings. The van der Waals surface area contributed by atoms with Crippen molar-refractivity contribution in [3.8, 4) is 0 Å². The number of amides is 2. The van der Waals surface area contributed by atoms with E-state index in [9.17, 15) is 9.59 Å². The van der Waals surface area contributed by atoms with Crippen molar-refractivity contribution in [2.45, 2.75) is 25.6 Å². The first-order valence-corrected chi connectivity index (χ1v) is 12.2. The number of nitrogen functional groups attached to an aromatic ring is 1. The van der Waals surface area contributed by atoms with Crippen LogP contribution in [0.5, 0.6) is 0 Å². The van der Waals surface area contributed by atoms with E-state index < -0.39 is 12.1 Å². The third-order valence-electron chi connectivity index (χ3n) is 5.72. The Kier molecular flexibility index (Phi) is 7.29. The van der Waals surface area contributed by atoms with Gasteiger partial charge in [0.05, 0.1) is 5.52 Å². The van der Waals surface area contributed by atoms with Gasteiger partial charge in [0, 0.05) is 25.0 Å². The molecular formula is C24H27N5O3S. The number of fused-ring (bicyclic) bond motifs is 1. The van der Waals surface area contributed by atoms with Gasteiger partial charge in [-0.1, -0.05) is 36.4 Å². The fourth-order valence-corrected chi connectivity index (χ4v) is 4.43. The molecule has 9 heteroatoms. The van der Waals surface area contributed by atoms with Gasteiger partial charge in [0.1, 0.15) is 24.8 Å². The van der Waals surface area contributed by atoms with Crippen LogP contribution in [0.25, 0.3) is 10.9 Å². The molecule has 1 aromatic heterocycles. The molecule has 2 amide bonds. The lowest BCUT2D eigenvalue weighted by atomic mass is 10.1. The van der Waals surface area contributed by atoms with Crippen molar-refractivity contribution in [2.24, 2.45) is 0 Å². The molecule has 1 aliphatic rings. The van der Waals surface area contributed by atoms with E-state index in [-0.39, 0.29) is 12.5 Å². The molecule has 1 atom stereocenters. The number of nitrogens with zero attached hydrogens (tertiary/aromatic N) is 4. The van der Waals surface area contributed by atoms with Crippen molar-refractivity contribution >= 4 is 40.5 Å².